The van der Waals surface area contributed by atoms with Crippen molar-refractivity contribution in [3.05, 3.63) is 35.6 Å². The summed E-state index contributed by atoms with van der Waals surface area (Å²) in [5, 5.41) is 2.95. The molecule has 2 amide bonds. The number of carbonyl (C=O) groups is 2. The van der Waals surface area contributed by atoms with Crippen LogP contribution in [0.4, 0.5) is 4.39 Å². The van der Waals surface area contributed by atoms with Crippen LogP contribution in [0.5, 0.6) is 0 Å². The second-order valence-electron chi connectivity index (χ2n) is 7.24. The first-order valence-corrected chi connectivity index (χ1v) is 9.77. The Bertz CT molecular complexity index is 618. The summed E-state index contributed by atoms with van der Waals surface area (Å²) in [7, 11) is 0. The van der Waals surface area contributed by atoms with Gasteiger partial charge in [-0.05, 0) is 43.0 Å². The van der Waals surface area contributed by atoms with Gasteiger partial charge in [-0.15, -0.1) is 11.8 Å². The van der Waals surface area contributed by atoms with Crippen LogP contribution >= 0.6 is 11.8 Å². The van der Waals surface area contributed by atoms with Gasteiger partial charge in [0.05, 0.1) is 5.37 Å². The fourth-order valence-electron chi connectivity index (χ4n) is 2.73. The van der Waals surface area contributed by atoms with Crippen molar-refractivity contribution in [2.75, 3.05) is 5.75 Å². The van der Waals surface area contributed by atoms with Gasteiger partial charge in [0.25, 0.3) is 5.91 Å². The number of halogens is 1. The summed E-state index contributed by atoms with van der Waals surface area (Å²) in [5.41, 5.74) is 0.407. The zero-order valence-corrected chi connectivity index (χ0v) is 16.3. The maximum absolute atomic E-state index is 13.2. The zero-order chi connectivity index (χ0) is 18.7. The van der Waals surface area contributed by atoms with Crippen molar-refractivity contribution in [2.45, 2.75) is 52.1 Å². The molecular weight excluding hydrogens is 339 g/mol. The van der Waals surface area contributed by atoms with Crippen LogP contribution in [-0.2, 0) is 4.79 Å². The Labute approximate surface area is 153 Å². The van der Waals surface area contributed by atoms with Gasteiger partial charge in [0.1, 0.15) is 11.9 Å². The molecule has 0 unspecified atom stereocenters. The van der Waals surface area contributed by atoms with Crippen LogP contribution in [0.3, 0.4) is 0 Å². The lowest BCUT2D eigenvalue weighted by molar-refractivity contribution is -0.125. The van der Waals surface area contributed by atoms with Crippen molar-refractivity contribution in [3.63, 3.8) is 0 Å². The highest BCUT2D eigenvalue weighted by Crippen LogP contribution is 2.35. The van der Waals surface area contributed by atoms with E-state index in [4.69, 9.17) is 0 Å². The Morgan fingerprint density at radius 1 is 1.16 bits per heavy atom. The molecule has 0 saturated carbocycles. The van der Waals surface area contributed by atoms with Gasteiger partial charge >= 0.3 is 0 Å². The molecule has 0 aromatic heterocycles. The Hall–Kier alpha value is -1.56. The van der Waals surface area contributed by atoms with Crippen LogP contribution < -0.4 is 5.32 Å². The highest BCUT2D eigenvalue weighted by atomic mass is 32.2. The third-order valence-corrected chi connectivity index (χ3v) is 6.22. The van der Waals surface area contributed by atoms with Crippen molar-refractivity contribution < 1.29 is 14.0 Å². The average Bonchev–Trinajstić information content (AvgIpc) is 3.00. The van der Waals surface area contributed by atoms with E-state index < -0.39 is 6.04 Å². The number of hydrogen-bond donors (Lipinski definition) is 1. The van der Waals surface area contributed by atoms with Crippen LogP contribution in [0.25, 0.3) is 0 Å². The minimum Gasteiger partial charge on any atom is -0.352 e. The molecule has 1 aromatic carbocycles. The summed E-state index contributed by atoms with van der Waals surface area (Å²) >= 11 is 1.63. The molecule has 0 aliphatic carbocycles. The first-order chi connectivity index (χ1) is 11.7. The zero-order valence-electron chi connectivity index (χ0n) is 15.5. The lowest BCUT2D eigenvalue weighted by Gasteiger charge is -2.32. The molecule has 2 rings (SSSR count). The molecule has 3 atom stereocenters. The summed E-state index contributed by atoms with van der Waals surface area (Å²) in [5.74, 6) is 0.392. The Morgan fingerprint density at radius 3 is 2.28 bits per heavy atom. The molecule has 0 spiro atoms. The number of benzene rings is 1. The van der Waals surface area contributed by atoms with Crippen molar-refractivity contribution >= 4 is 23.6 Å². The van der Waals surface area contributed by atoms with Crippen LogP contribution in [0.2, 0.25) is 0 Å². The minimum atomic E-state index is -0.504. The van der Waals surface area contributed by atoms with Crippen LogP contribution in [0.15, 0.2) is 24.3 Å². The summed E-state index contributed by atoms with van der Waals surface area (Å²) in [6, 6.07) is 5.04. The largest absolute Gasteiger partial charge is 0.352 e. The van der Waals surface area contributed by atoms with Crippen LogP contribution in [0, 0.1) is 17.7 Å². The topological polar surface area (TPSA) is 49.4 Å². The van der Waals surface area contributed by atoms with E-state index in [-0.39, 0.29) is 35.0 Å². The maximum atomic E-state index is 13.2. The first kappa shape index (κ1) is 19.8. The molecule has 4 nitrogen and oxygen atoms in total. The number of nitrogens with one attached hydrogen (secondary N) is 1. The maximum Gasteiger partial charge on any atom is 0.255 e. The number of amides is 2. The van der Waals surface area contributed by atoms with E-state index in [1.54, 1.807) is 16.7 Å². The van der Waals surface area contributed by atoms with Gasteiger partial charge in [0, 0.05) is 17.4 Å². The number of carbonyl (C=O) groups excluding carboxylic acids is 2. The fourth-order valence-corrected chi connectivity index (χ4v) is 4.21. The third kappa shape index (κ3) is 4.54. The van der Waals surface area contributed by atoms with Crippen LogP contribution in [-0.4, -0.2) is 39.9 Å². The average molecular weight is 367 g/mol. The Morgan fingerprint density at radius 2 is 1.76 bits per heavy atom. The van der Waals surface area contributed by atoms with E-state index in [2.05, 4.69) is 5.32 Å². The molecule has 6 heteroatoms. The van der Waals surface area contributed by atoms with Gasteiger partial charge in [0.15, 0.2) is 0 Å². The lowest BCUT2D eigenvalue weighted by Crippen LogP contribution is -2.53. The summed E-state index contributed by atoms with van der Waals surface area (Å²) in [6.45, 7) is 10.1. The van der Waals surface area contributed by atoms with E-state index >= 15 is 0 Å². The molecule has 138 valence electrons. The quantitative estimate of drug-likeness (QED) is 0.867. The number of rotatable bonds is 5. The number of thioether (sulfide) groups is 1. The molecule has 1 fully saturated rings. The molecule has 1 aromatic rings. The van der Waals surface area contributed by atoms with Crippen molar-refractivity contribution in [3.8, 4) is 0 Å². The molecule has 1 N–H and O–H groups in total. The predicted octanol–water partition coefficient (Wildman–Crippen LogP) is 3.53. The summed E-state index contributed by atoms with van der Waals surface area (Å²) in [6.07, 6.45) is 0. The van der Waals surface area contributed by atoms with Crippen molar-refractivity contribution in [2.24, 2.45) is 11.8 Å². The molecule has 1 aliphatic heterocycles. The highest BCUT2D eigenvalue weighted by molar-refractivity contribution is 8.00. The van der Waals surface area contributed by atoms with E-state index in [9.17, 15) is 14.0 Å². The van der Waals surface area contributed by atoms with E-state index in [0.29, 0.717) is 17.2 Å². The lowest BCUT2D eigenvalue weighted by atomic mass is 10.1. The summed E-state index contributed by atoms with van der Waals surface area (Å²) < 4.78 is 13.2. The smallest absolute Gasteiger partial charge is 0.255 e. The normalized spacial score (nSPS) is 21.7. The second-order valence-corrected chi connectivity index (χ2v) is 8.39. The SMILES string of the molecule is CC(C)[C@H](C)NC(=O)[C@@H]1CS[C@@H](C(C)C)N1C(=O)c1ccc(F)cc1. The molecular formula is C19H27FN2O2S. The second kappa shape index (κ2) is 8.21. The molecule has 1 heterocycles. The van der Waals surface area contributed by atoms with E-state index in [1.807, 2.05) is 34.6 Å². The van der Waals surface area contributed by atoms with Gasteiger partial charge in [0.2, 0.25) is 5.91 Å². The Balaban J connectivity index is 2.25. The molecule has 0 radical (unpaired) electrons. The summed E-state index contributed by atoms with van der Waals surface area (Å²) in [4.78, 5) is 27.4. The molecule has 1 aliphatic rings. The van der Waals surface area contributed by atoms with E-state index in [0.717, 1.165) is 0 Å². The minimum absolute atomic E-state index is 0.0402. The monoisotopic (exact) mass is 366 g/mol. The standard InChI is InChI=1S/C19H27FN2O2S/c1-11(2)13(5)21-17(23)16-10-25-19(12(3)4)22(16)18(24)14-6-8-15(20)9-7-14/h6-9,11-13,16,19H,10H2,1-5H3,(H,21,23)/t13-,16-,19-/m0/s1. The van der Waals surface area contributed by atoms with Crippen molar-refractivity contribution in [1.82, 2.24) is 10.2 Å². The highest BCUT2D eigenvalue weighted by Gasteiger charge is 2.43. The first-order valence-electron chi connectivity index (χ1n) is 8.72. The fraction of sp³-hybridized carbons (Fsp3) is 0.579. The van der Waals surface area contributed by atoms with Gasteiger partial charge in [-0.1, -0.05) is 27.7 Å². The van der Waals surface area contributed by atoms with Gasteiger partial charge in [-0.2, -0.15) is 0 Å². The Kier molecular flexibility index (Phi) is 6.49. The number of hydrogen-bond acceptors (Lipinski definition) is 3. The van der Waals surface area contributed by atoms with Crippen molar-refractivity contribution in [1.29, 1.82) is 0 Å². The molecule has 0 bridgehead atoms. The van der Waals surface area contributed by atoms with Gasteiger partial charge in [-0.25, -0.2) is 4.39 Å². The van der Waals surface area contributed by atoms with Crippen LogP contribution in [0.1, 0.15) is 45.0 Å². The van der Waals surface area contributed by atoms with E-state index in [1.165, 1.54) is 24.3 Å². The van der Waals surface area contributed by atoms with Gasteiger partial charge < -0.3 is 10.2 Å². The molecule has 25 heavy (non-hydrogen) atoms. The third-order valence-electron chi connectivity index (χ3n) is 4.60. The predicted molar refractivity (Wildman–Crippen MR) is 99.9 cm³/mol. The number of nitrogens with zero attached hydrogens (tertiary/aromatic N) is 1. The molecule has 1 saturated heterocycles. The van der Waals surface area contributed by atoms with Gasteiger partial charge in [-0.3, -0.25) is 9.59 Å².